The molecule has 0 saturated carbocycles. The molecular formula is C20H23NO4. The number of carbonyl (C=O) groups excluding carboxylic acids is 1. The van der Waals surface area contributed by atoms with Crippen LogP contribution in [0.15, 0.2) is 48.5 Å². The van der Waals surface area contributed by atoms with Gasteiger partial charge in [-0.25, -0.2) is 0 Å². The van der Waals surface area contributed by atoms with Gasteiger partial charge in [0.1, 0.15) is 12.3 Å². The van der Waals surface area contributed by atoms with Crippen molar-refractivity contribution in [1.29, 1.82) is 0 Å². The number of amides is 1. The van der Waals surface area contributed by atoms with E-state index >= 15 is 0 Å². The predicted molar refractivity (Wildman–Crippen MR) is 94.7 cm³/mol. The van der Waals surface area contributed by atoms with Crippen molar-refractivity contribution in [2.75, 3.05) is 20.8 Å². The minimum Gasteiger partial charge on any atom is -0.493 e. The Hall–Kier alpha value is -2.53. The van der Waals surface area contributed by atoms with Crippen LogP contribution in [0, 0.1) is 0 Å². The van der Waals surface area contributed by atoms with Gasteiger partial charge in [-0.05, 0) is 30.2 Å². The van der Waals surface area contributed by atoms with E-state index in [9.17, 15) is 4.79 Å². The van der Waals surface area contributed by atoms with Gasteiger partial charge in [0.15, 0.2) is 11.5 Å². The lowest BCUT2D eigenvalue weighted by Gasteiger charge is -2.19. The maximum atomic E-state index is 12.7. The minimum absolute atomic E-state index is 0.0400. The van der Waals surface area contributed by atoms with Gasteiger partial charge in [0.25, 0.3) is 0 Å². The van der Waals surface area contributed by atoms with Crippen molar-refractivity contribution in [3.8, 4) is 11.5 Å². The van der Waals surface area contributed by atoms with E-state index in [1.165, 1.54) is 0 Å². The second kappa shape index (κ2) is 7.57. The normalized spacial score (nSPS) is 19.7. The molecule has 25 heavy (non-hydrogen) atoms. The minimum atomic E-state index is -0.238. The average Bonchev–Trinajstić information content (AvgIpc) is 3.04. The molecule has 2 aromatic carbocycles. The third kappa shape index (κ3) is 3.77. The van der Waals surface area contributed by atoms with Gasteiger partial charge < -0.3 is 19.1 Å². The smallest absolute Gasteiger partial charge is 0.229 e. The van der Waals surface area contributed by atoms with E-state index in [1.807, 2.05) is 55.5 Å². The molecule has 2 atom stereocenters. The summed E-state index contributed by atoms with van der Waals surface area (Å²) in [5.41, 5.74) is 1.98. The highest BCUT2D eigenvalue weighted by Gasteiger charge is 2.33. The number of carbonyl (C=O) groups is 1. The number of nitrogens with zero attached hydrogens (tertiary/aromatic N) is 1. The van der Waals surface area contributed by atoms with Crippen molar-refractivity contribution >= 4 is 5.91 Å². The highest BCUT2D eigenvalue weighted by atomic mass is 16.5. The van der Waals surface area contributed by atoms with Gasteiger partial charge in [-0.3, -0.25) is 4.79 Å². The van der Waals surface area contributed by atoms with E-state index in [0.29, 0.717) is 24.5 Å². The Morgan fingerprint density at radius 2 is 1.84 bits per heavy atom. The summed E-state index contributed by atoms with van der Waals surface area (Å²) in [4.78, 5) is 14.5. The van der Waals surface area contributed by atoms with Gasteiger partial charge >= 0.3 is 0 Å². The lowest BCUT2D eigenvalue weighted by molar-refractivity contribution is -0.134. The van der Waals surface area contributed by atoms with Crippen molar-refractivity contribution in [2.24, 2.45) is 0 Å². The van der Waals surface area contributed by atoms with Crippen LogP contribution < -0.4 is 9.47 Å². The van der Waals surface area contributed by atoms with Crippen molar-refractivity contribution in [1.82, 2.24) is 4.90 Å². The number of methoxy groups -OCH3 is 2. The van der Waals surface area contributed by atoms with Crippen LogP contribution in [0.4, 0.5) is 0 Å². The second-order valence-corrected chi connectivity index (χ2v) is 6.05. The fourth-order valence-electron chi connectivity index (χ4n) is 3.10. The zero-order chi connectivity index (χ0) is 17.8. The molecule has 1 fully saturated rings. The lowest BCUT2D eigenvalue weighted by atomic mass is 10.1. The van der Waals surface area contributed by atoms with Crippen LogP contribution in [0.2, 0.25) is 0 Å². The van der Waals surface area contributed by atoms with Crippen LogP contribution in [0.25, 0.3) is 0 Å². The van der Waals surface area contributed by atoms with Gasteiger partial charge in [0.2, 0.25) is 5.91 Å². The first-order valence-electron chi connectivity index (χ1n) is 8.33. The highest BCUT2D eigenvalue weighted by molar-refractivity contribution is 5.79. The number of hydrogen-bond acceptors (Lipinski definition) is 4. The molecule has 1 saturated heterocycles. The monoisotopic (exact) mass is 341 g/mol. The topological polar surface area (TPSA) is 48.0 Å². The summed E-state index contributed by atoms with van der Waals surface area (Å²) in [6.07, 6.45) is -0.0151. The van der Waals surface area contributed by atoms with Crippen LogP contribution >= 0.6 is 0 Å². The number of hydrogen-bond donors (Lipinski definition) is 0. The van der Waals surface area contributed by atoms with Crippen molar-refractivity contribution < 1.29 is 19.0 Å². The Bertz CT molecular complexity index is 732. The summed E-state index contributed by atoms with van der Waals surface area (Å²) in [6.45, 7) is 2.48. The average molecular weight is 341 g/mol. The Labute approximate surface area is 148 Å². The molecule has 1 aliphatic rings. The molecule has 1 aliphatic heterocycles. The molecule has 132 valence electrons. The second-order valence-electron chi connectivity index (χ2n) is 6.05. The van der Waals surface area contributed by atoms with E-state index in [0.717, 1.165) is 11.1 Å². The van der Waals surface area contributed by atoms with E-state index in [2.05, 4.69) is 0 Å². The Morgan fingerprint density at radius 3 is 2.52 bits per heavy atom. The zero-order valence-corrected chi connectivity index (χ0v) is 14.8. The largest absolute Gasteiger partial charge is 0.493 e. The molecular weight excluding hydrogens is 318 g/mol. The van der Waals surface area contributed by atoms with Crippen LogP contribution in [0.3, 0.4) is 0 Å². The molecule has 0 N–H and O–H groups in total. The summed E-state index contributed by atoms with van der Waals surface area (Å²) in [6, 6.07) is 15.5. The molecule has 5 nitrogen and oxygen atoms in total. The Morgan fingerprint density at radius 1 is 1.12 bits per heavy atom. The van der Waals surface area contributed by atoms with Gasteiger partial charge in [0.05, 0.1) is 27.2 Å². The molecule has 0 aromatic heterocycles. The van der Waals surface area contributed by atoms with Crippen LogP contribution in [-0.4, -0.2) is 37.8 Å². The highest BCUT2D eigenvalue weighted by Crippen LogP contribution is 2.30. The summed E-state index contributed by atoms with van der Waals surface area (Å²) in [7, 11) is 3.18. The molecule has 2 unspecified atom stereocenters. The van der Waals surface area contributed by atoms with Crippen molar-refractivity contribution in [3.63, 3.8) is 0 Å². The first-order valence-corrected chi connectivity index (χ1v) is 8.33. The predicted octanol–water partition coefficient (Wildman–Crippen LogP) is 3.19. The molecule has 1 heterocycles. The molecule has 0 aliphatic carbocycles. The van der Waals surface area contributed by atoms with Gasteiger partial charge in [-0.1, -0.05) is 36.4 Å². The molecule has 0 spiro atoms. The zero-order valence-electron chi connectivity index (χ0n) is 14.8. The Kier molecular flexibility index (Phi) is 5.24. The number of rotatable bonds is 5. The van der Waals surface area contributed by atoms with E-state index < -0.39 is 0 Å². The fourth-order valence-corrected chi connectivity index (χ4v) is 3.10. The Balaban J connectivity index is 1.69. The summed E-state index contributed by atoms with van der Waals surface area (Å²) >= 11 is 0. The maximum absolute atomic E-state index is 12.7. The number of benzene rings is 2. The van der Waals surface area contributed by atoms with E-state index in [1.54, 1.807) is 19.1 Å². The summed E-state index contributed by atoms with van der Waals surface area (Å²) in [5.74, 6) is 1.32. The third-order valence-electron chi connectivity index (χ3n) is 4.46. The molecule has 2 aromatic rings. The summed E-state index contributed by atoms with van der Waals surface area (Å²) in [5, 5.41) is 0. The first-order chi connectivity index (χ1) is 12.1. The lowest BCUT2D eigenvalue weighted by Crippen LogP contribution is -2.35. The molecule has 0 bridgehead atoms. The van der Waals surface area contributed by atoms with Crippen molar-refractivity contribution in [3.05, 3.63) is 59.7 Å². The van der Waals surface area contributed by atoms with Gasteiger partial charge in [-0.2, -0.15) is 0 Å². The molecule has 3 rings (SSSR count). The summed E-state index contributed by atoms with van der Waals surface area (Å²) < 4.78 is 16.5. The van der Waals surface area contributed by atoms with E-state index in [4.69, 9.17) is 14.2 Å². The third-order valence-corrected chi connectivity index (χ3v) is 4.46. The molecule has 1 amide bonds. The standard InChI is InChI=1S/C20H23NO4/c1-14-21(13-19(25-14)16-7-5-4-6-8-16)20(22)12-15-9-10-17(23-2)18(11-15)24-3/h4-11,14,19H,12-13H2,1-3H3. The maximum Gasteiger partial charge on any atom is 0.229 e. The van der Waals surface area contributed by atoms with Crippen molar-refractivity contribution in [2.45, 2.75) is 25.7 Å². The fraction of sp³-hybridized carbons (Fsp3) is 0.350. The van der Waals surface area contributed by atoms with E-state index in [-0.39, 0.29) is 18.2 Å². The van der Waals surface area contributed by atoms with Crippen LogP contribution in [-0.2, 0) is 16.0 Å². The number of ether oxygens (including phenoxy) is 3. The first kappa shape index (κ1) is 17.3. The molecule has 5 heteroatoms. The van der Waals surface area contributed by atoms with Gasteiger partial charge in [0, 0.05) is 0 Å². The van der Waals surface area contributed by atoms with Crippen LogP contribution in [0.1, 0.15) is 24.2 Å². The molecule has 0 radical (unpaired) electrons. The van der Waals surface area contributed by atoms with Gasteiger partial charge in [-0.15, -0.1) is 0 Å². The van der Waals surface area contributed by atoms with Crippen LogP contribution in [0.5, 0.6) is 11.5 Å². The SMILES string of the molecule is COc1ccc(CC(=O)N2CC(c3ccccc3)OC2C)cc1OC. The quantitative estimate of drug-likeness (QED) is 0.838.